The van der Waals surface area contributed by atoms with Crippen molar-refractivity contribution >= 4 is 16.9 Å². The lowest BCUT2D eigenvalue weighted by Gasteiger charge is -2.14. The summed E-state index contributed by atoms with van der Waals surface area (Å²) in [4.78, 5) is 17.4. The molecular formula is C18H22N4O3. The van der Waals surface area contributed by atoms with Crippen LogP contribution in [0.4, 0.5) is 0 Å². The molecule has 0 bridgehead atoms. The lowest BCUT2D eigenvalue weighted by molar-refractivity contribution is 0.0907. The number of rotatable bonds is 6. The molecule has 0 aliphatic rings. The van der Waals surface area contributed by atoms with Crippen LogP contribution < -0.4 is 5.32 Å². The Bertz CT molecular complexity index is 868. The van der Waals surface area contributed by atoms with Crippen LogP contribution in [0.3, 0.4) is 0 Å². The molecule has 7 nitrogen and oxygen atoms in total. The Morgan fingerprint density at radius 2 is 2.20 bits per heavy atom. The molecule has 0 aliphatic carbocycles. The van der Waals surface area contributed by atoms with Crippen LogP contribution in [0.25, 0.3) is 22.5 Å². The van der Waals surface area contributed by atoms with E-state index in [0.717, 1.165) is 0 Å². The number of furan rings is 1. The van der Waals surface area contributed by atoms with Gasteiger partial charge >= 0.3 is 0 Å². The molecule has 3 heterocycles. The van der Waals surface area contributed by atoms with E-state index in [9.17, 15) is 4.79 Å². The van der Waals surface area contributed by atoms with Crippen molar-refractivity contribution in [1.29, 1.82) is 0 Å². The van der Waals surface area contributed by atoms with Crippen LogP contribution in [-0.4, -0.2) is 40.4 Å². The van der Waals surface area contributed by atoms with Gasteiger partial charge in [0.25, 0.3) is 5.91 Å². The van der Waals surface area contributed by atoms with Crippen LogP contribution in [-0.2, 0) is 4.74 Å². The third-order valence-corrected chi connectivity index (χ3v) is 3.87. The van der Waals surface area contributed by atoms with E-state index in [2.05, 4.69) is 15.4 Å². The largest absolute Gasteiger partial charge is 0.463 e. The normalized spacial score (nSPS) is 12.7. The fraction of sp³-hybridized carbons (Fsp3) is 0.389. The highest BCUT2D eigenvalue weighted by atomic mass is 16.5. The highest BCUT2D eigenvalue weighted by Crippen LogP contribution is 2.26. The minimum atomic E-state index is -0.187. The Morgan fingerprint density at radius 3 is 2.84 bits per heavy atom. The van der Waals surface area contributed by atoms with E-state index in [1.54, 1.807) is 36.4 Å². The second kappa shape index (κ2) is 7.06. The summed E-state index contributed by atoms with van der Waals surface area (Å²) in [7, 11) is 1.61. The summed E-state index contributed by atoms with van der Waals surface area (Å²) in [5.74, 6) is 0.422. The molecule has 25 heavy (non-hydrogen) atoms. The van der Waals surface area contributed by atoms with Gasteiger partial charge < -0.3 is 14.5 Å². The van der Waals surface area contributed by atoms with E-state index >= 15 is 0 Å². The van der Waals surface area contributed by atoms with Crippen molar-refractivity contribution in [1.82, 2.24) is 20.1 Å². The number of carbonyl (C=O) groups excluding carboxylic acids is 1. The number of nitrogens with one attached hydrogen (secondary N) is 1. The molecule has 3 aromatic heterocycles. The van der Waals surface area contributed by atoms with Crippen molar-refractivity contribution in [3.63, 3.8) is 0 Å². The first-order valence-electron chi connectivity index (χ1n) is 8.23. The number of amides is 1. The topological polar surface area (TPSA) is 82.2 Å². The second-order valence-electron chi connectivity index (χ2n) is 6.28. The molecule has 0 aliphatic heterocycles. The Balaban J connectivity index is 2.11. The molecule has 1 N–H and O–H groups in total. The van der Waals surface area contributed by atoms with Gasteiger partial charge in [-0.2, -0.15) is 5.10 Å². The van der Waals surface area contributed by atoms with Crippen molar-refractivity contribution in [2.75, 3.05) is 13.7 Å². The zero-order valence-corrected chi connectivity index (χ0v) is 14.8. The first-order chi connectivity index (χ1) is 12.0. The summed E-state index contributed by atoms with van der Waals surface area (Å²) < 4.78 is 12.3. The molecule has 7 heteroatoms. The molecule has 0 aromatic carbocycles. The summed E-state index contributed by atoms with van der Waals surface area (Å²) in [6.07, 6.45) is 3.27. The van der Waals surface area contributed by atoms with Crippen LogP contribution in [0.2, 0.25) is 0 Å². The SMILES string of the molecule is COC[C@H](C)NC(=O)c1cc(-c2ccco2)nc2c1cnn2C(C)C. The number of hydrogen-bond acceptors (Lipinski definition) is 5. The van der Waals surface area contributed by atoms with Crippen LogP contribution in [0.1, 0.15) is 37.2 Å². The van der Waals surface area contributed by atoms with E-state index in [1.165, 1.54) is 0 Å². The van der Waals surface area contributed by atoms with Gasteiger partial charge in [0.1, 0.15) is 5.69 Å². The van der Waals surface area contributed by atoms with Crippen molar-refractivity contribution in [3.8, 4) is 11.5 Å². The van der Waals surface area contributed by atoms with Crippen LogP contribution in [0.15, 0.2) is 35.1 Å². The van der Waals surface area contributed by atoms with Gasteiger partial charge in [-0.3, -0.25) is 4.79 Å². The summed E-state index contributed by atoms with van der Waals surface area (Å²) >= 11 is 0. The third kappa shape index (κ3) is 3.41. The van der Waals surface area contributed by atoms with Crippen LogP contribution >= 0.6 is 0 Å². The predicted molar refractivity (Wildman–Crippen MR) is 94.4 cm³/mol. The standard InChI is InChI=1S/C18H22N4O3/c1-11(2)22-17-14(9-19-22)13(18(23)20-12(3)10-24-4)8-15(21-17)16-6-5-7-25-16/h5-9,11-12H,10H2,1-4H3,(H,20,23)/t12-/m0/s1. The smallest absolute Gasteiger partial charge is 0.252 e. The minimum absolute atomic E-state index is 0.104. The number of nitrogens with zero attached hydrogens (tertiary/aromatic N) is 3. The van der Waals surface area contributed by atoms with Gasteiger partial charge in [0.2, 0.25) is 0 Å². The Hall–Kier alpha value is -2.67. The molecule has 0 spiro atoms. The van der Waals surface area contributed by atoms with Crippen molar-refractivity contribution in [2.45, 2.75) is 32.9 Å². The van der Waals surface area contributed by atoms with Gasteiger partial charge in [0, 0.05) is 19.2 Å². The number of hydrogen-bond donors (Lipinski definition) is 1. The summed E-state index contributed by atoms with van der Waals surface area (Å²) in [5.41, 5.74) is 1.78. The third-order valence-electron chi connectivity index (χ3n) is 3.87. The predicted octanol–water partition coefficient (Wildman–Crippen LogP) is 3.04. The molecule has 0 saturated carbocycles. The molecular weight excluding hydrogens is 320 g/mol. The number of carbonyl (C=O) groups is 1. The van der Waals surface area contributed by atoms with E-state index in [4.69, 9.17) is 9.15 Å². The van der Waals surface area contributed by atoms with Gasteiger partial charge in [-0.15, -0.1) is 0 Å². The van der Waals surface area contributed by atoms with Gasteiger partial charge in [-0.05, 0) is 39.0 Å². The molecule has 0 radical (unpaired) electrons. The maximum atomic E-state index is 12.8. The quantitative estimate of drug-likeness (QED) is 0.744. The lowest BCUT2D eigenvalue weighted by Crippen LogP contribution is -2.35. The Labute approximate surface area is 146 Å². The Morgan fingerprint density at radius 1 is 1.40 bits per heavy atom. The maximum Gasteiger partial charge on any atom is 0.252 e. The molecule has 132 valence electrons. The highest BCUT2D eigenvalue weighted by Gasteiger charge is 2.20. The number of fused-ring (bicyclic) bond motifs is 1. The van der Waals surface area contributed by atoms with E-state index in [0.29, 0.717) is 34.7 Å². The number of ether oxygens (including phenoxy) is 1. The fourth-order valence-corrected chi connectivity index (χ4v) is 2.73. The van der Waals surface area contributed by atoms with Gasteiger partial charge in [-0.1, -0.05) is 0 Å². The number of methoxy groups -OCH3 is 1. The summed E-state index contributed by atoms with van der Waals surface area (Å²) in [6.45, 7) is 6.38. The van der Waals surface area contributed by atoms with Crippen LogP contribution in [0, 0.1) is 0 Å². The van der Waals surface area contributed by atoms with Crippen LogP contribution in [0.5, 0.6) is 0 Å². The zero-order valence-electron chi connectivity index (χ0n) is 14.8. The van der Waals surface area contributed by atoms with Gasteiger partial charge in [-0.25, -0.2) is 9.67 Å². The summed E-state index contributed by atoms with van der Waals surface area (Å²) in [6, 6.07) is 5.37. The average molecular weight is 342 g/mol. The molecule has 0 saturated heterocycles. The van der Waals surface area contributed by atoms with E-state index < -0.39 is 0 Å². The molecule has 3 rings (SSSR count). The van der Waals surface area contributed by atoms with Crippen molar-refractivity contribution in [3.05, 3.63) is 36.2 Å². The van der Waals surface area contributed by atoms with E-state index in [1.807, 2.05) is 26.8 Å². The fourth-order valence-electron chi connectivity index (χ4n) is 2.73. The Kier molecular flexibility index (Phi) is 4.85. The monoisotopic (exact) mass is 342 g/mol. The lowest BCUT2D eigenvalue weighted by atomic mass is 10.1. The minimum Gasteiger partial charge on any atom is -0.463 e. The summed E-state index contributed by atoms with van der Waals surface area (Å²) in [5, 5.41) is 8.05. The maximum absolute atomic E-state index is 12.8. The first kappa shape index (κ1) is 17.2. The molecule has 1 atom stereocenters. The average Bonchev–Trinajstić information content (AvgIpc) is 3.23. The molecule has 3 aromatic rings. The molecule has 1 amide bonds. The first-order valence-corrected chi connectivity index (χ1v) is 8.23. The van der Waals surface area contributed by atoms with Gasteiger partial charge in [0.15, 0.2) is 11.4 Å². The molecule has 0 unspecified atom stereocenters. The van der Waals surface area contributed by atoms with E-state index in [-0.39, 0.29) is 18.0 Å². The number of aromatic nitrogens is 3. The second-order valence-corrected chi connectivity index (χ2v) is 6.28. The molecule has 0 fully saturated rings. The highest BCUT2D eigenvalue weighted by molar-refractivity contribution is 6.06. The van der Waals surface area contributed by atoms with Crippen molar-refractivity contribution in [2.24, 2.45) is 0 Å². The number of pyridine rings is 1. The van der Waals surface area contributed by atoms with Crippen molar-refractivity contribution < 1.29 is 13.9 Å². The zero-order chi connectivity index (χ0) is 18.0. The van der Waals surface area contributed by atoms with Gasteiger partial charge in [0.05, 0.1) is 30.0 Å².